The summed E-state index contributed by atoms with van der Waals surface area (Å²) >= 11 is 0. The minimum atomic E-state index is -1.10. The van der Waals surface area contributed by atoms with Gasteiger partial charge < -0.3 is 25.4 Å². The third-order valence-electron chi connectivity index (χ3n) is 7.55. The van der Waals surface area contributed by atoms with Crippen LogP contribution in [-0.4, -0.2) is 65.7 Å². The van der Waals surface area contributed by atoms with Gasteiger partial charge in [-0.05, 0) is 79.8 Å². The Morgan fingerprint density at radius 1 is 1.00 bits per heavy atom. The molecule has 9 heteroatoms. The van der Waals surface area contributed by atoms with E-state index in [0.717, 1.165) is 24.5 Å². The minimum absolute atomic E-state index is 0.0116. The molecule has 1 saturated heterocycles. The van der Waals surface area contributed by atoms with Gasteiger partial charge in [0.25, 0.3) is 11.8 Å². The van der Waals surface area contributed by atoms with E-state index in [-0.39, 0.29) is 24.0 Å². The molecule has 0 saturated carbocycles. The summed E-state index contributed by atoms with van der Waals surface area (Å²) in [6, 6.07) is 16.2. The van der Waals surface area contributed by atoms with E-state index in [0.29, 0.717) is 42.9 Å². The zero-order valence-corrected chi connectivity index (χ0v) is 25.0. The summed E-state index contributed by atoms with van der Waals surface area (Å²) in [6.07, 6.45) is 0.783. The number of hydrogen-bond acceptors (Lipinski definition) is 5. The van der Waals surface area contributed by atoms with Crippen LogP contribution in [0.3, 0.4) is 0 Å². The maximum absolute atomic E-state index is 14.1. The van der Waals surface area contributed by atoms with E-state index in [2.05, 4.69) is 10.6 Å². The summed E-state index contributed by atoms with van der Waals surface area (Å²) in [5.41, 5.74) is 1.72. The quantitative estimate of drug-likeness (QED) is 0.258. The molecule has 1 fully saturated rings. The molecule has 2 amide bonds. The van der Waals surface area contributed by atoms with E-state index in [1.54, 1.807) is 23.1 Å². The predicted molar refractivity (Wildman–Crippen MR) is 162 cm³/mol. The van der Waals surface area contributed by atoms with Gasteiger partial charge >= 0.3 is 0 Å². The molecular weight excluding hydrogens is 552 g/mol. The van der Waals surface area contributed by atoms with Crippen LogP contribution >= 0.6 is 0 Å². The molecule has 0 aliphatic carbocycles. The number of aliphatic hydroxyl groups is 1. The van der Waals surface area contributed by atoms with Gasteiger partial charge in [-0.1, -0.05) is 32.0 Å². The molecule has 3 aromatic rings. The minimum Gasteiger partial charge on any atom is -0.489 e. The molecule has 0 radical (unpaired) electrons. The number of nitrogens with one attached hydrogen (secondary N) is 2. The van der Waals surface area contributed by atoms with Crippen LogP contribution in [-0.2, 0) is 6.42 Å². The number of ether oxygens (including phenoxy) is 1. The summed E-state index contributed by atoms with van der Waals surface area (Å²) < 4.78 is 34.1. The largest absolute Gasteiger partial charge is 0.489 e. The average molecular weight is 594 g/mol. The molecule has 1 heterocycles. The highest BCUT2D eigenvalue weighted by molar-refractivity contribution is 6.00. The highest BCUT2D eigenvalue weighted by Crippen LogP contribution is 2.22. The fourth-order valence-corrected chi connectivity index (χ4v) is 5.62. The monoisotopic (exact) mass is 593 g/mol. The number of benzene rings is 3. The summed E-state index contributed by atoms with van der Waals surface area (Å²) in [5, 5.41) is 17.7. The van der Waals surface area contributed by atoms with Crippen LogP contribution in [0.5, 0.6) is 5.75 Å². The predicted octanol–water partition coefficient (Wildman–Crippen LogP) is 5.05. The topological polar surface area (TPSA) is 90.9 Å². The molecule has 0 aromatic heterocycles. The standard InChI is InChI=1S/C34H41F2N3O4/c1-4-11-39(12-5-2)34(42)25-14-22(3)13-24(18-25)33(41)38-31(17-23-15-26(35)19-27(36)16-23)32(40)30-20-29(21-37-30)43-28-9-7-6-8-10-28/h6-10,13-16,18-19,29-32,37,40H,4-5,11-12,17,20-21H2,1-3H3,(H,38,41)/t29-,30-,31+,32-/m1/s1. The molecule has 4 atom stereocenters. The summed E-state index contributed by atoms with van der Waals surface area (Å²) in [4.78, 5) is 28.7. The number of nitrogens with zero attached hydrogens (tertiary/aromatic N) is 1. The number of rotatable bonds is 13. The van der Waals surface area contributed by atoms with Gasteiger partial charge in [-0.3, -0.25) is 9.59 Å². The molecule has 4 rings (SSSR count). The number of para-hydroxylation sites is 1. The van der Waals surface area contributed by atoms with Gasteiger partial charge in [0.1, 0.15) is 23.5 Å². The molecule has 0 unspecified atom stereocenters. The van der Waals surface area contributed by atoms with Crippen LogP contribution in [0.15, 0.2) is 66.7 Å². The van der Waals surface area contributed by atoms with E-state index in [1.165, 1.54) is 12.1 Å². The Hall–Kier alpha value is -3.82. The van der Waals surface area contributed by atoms with Crippen LogP contribution in [0.2, 0.25) is 0 Å². The number of aryl methyl sites for hydroxylation is 1. The normalized spacial score (nSPS) is 17.7. The van der Waals surface area contributed by atoms with Crippen molar-refractivity contribution < 1.29 is 28.2 Å². The van der Waals surface area contributed by atoms with E-state index < -0.39 is 35.7 Å². The lowest BCUT2D eigenvalue weighted by Crippen LogP contribution is -2.52. The van der Waals surface area contributed by atoms with Crippen molar-refractivity contribution in [1.82, 2.24) is 15.5 Å². The van der Waals surface area contributed by atoms with Crippen molar-refractivity contribution in [2.45, 2.75) is 70.7 Å². The van der Waals surface area contributed by atoms with Crippen LogP contribution in [0.1, 0.15) is 65.0 Å². The smallest absolute Gasteiger partial charge is 0.253 e. The Kier molecular flexibility index (Phi) is 11.3. The second-order valence-electron chi connectivity index (χ2n) is 11.2. The van der Waals surface area contributed by atoms with E-state index >= 15 is 0 Å². The summed E-state index contributed by atoms with van der Waals surface area (Å²) in [5.74, 6) is -1.41. The van der Waals surface area contributed by atoms with Crippen molar-refractivity contribution >= 4 is 11.8 Å². The molecular formula is C34H41F2N3O4. The van der Waals surface area contributed by atoms with Gasteiger partial charge in [0, 0.05) is 49.3 Å². The summed E-state index contributed by atoms with van der Waals surface area (Å²) in [7, 11) is 0. The van der Waals surface area contributed by atoms with Gasteiger partial charge in [-0.25, -0.2) is 8.78 Å². The maximum Gasteiger partial charge on any atom is 0.253 e. The van der Waals surface area contributed by atoms with Crippen LogP contribution in [0, 0.1) is 18.6 Å². The van der Waals surface area contributed by atoms with Gasteiger partial charge in [-0.2, -0.15) is 0 Å². The van der Waals surface area contributed by atoms with Gasteiger partial charge in [0.2, 0.25) is 0 Å². The second-order valence-corrected chi connectivity index (χ2v) is 11.2. The molecule has 230 valence electrons. The molecule has 43 heavy (non-hydrogen) atoms. The van der Waals surface area contributed by atoms with E-state index in [1.807, 2.05) is 51.1 Å². The van der Waals surface area contributed by atoms with Crippen LogP contribution in [0.4, 0.5) is 8.78 Å². The third kappa shape index (κ3) is 8.84. The number of amides is 2. The van der Waals surface area contributed by atoms with Crippen LogP contribution < -0.4 is 15.4 Å². The first-order chi connectivity index (χ1) is 20.7. The Morgan fingerprint density at radius 3 is 2.30 bits per heavy atom. The number of carbonyl (C=O) groups is 2. The van der Waals surface area contributed by atoms with Crippen molar-refractivity contribution in [2.75, 3.05) is 19.6 Å². The zero-order valence-electron chi connectivity index (χ0n) is 25.0. The number of halogens is 2. The molecule has 7 nitrogen and oxygen atoms in total. The van der Waals surface area contributed by atoms with Gasteiger partial charge in [0.05, 0.1) is 12.1 Å². The maximum atomic E-state index is 14.1. The fourth-order valence-electron chi connectivity index (χ4n) is 5.62. The van der Waals surface area contributed by atoms with E-state index in [9.17, 15) is 23.5 Å². The van der Waals surface area contributed by atoms with Crippen molar-refractivity contribution in [2.24, 2.45) is 0 Å². The lowest BCUT2D eigenvalue weighted by molar-refractivity contribution is 0.0719. The number of aliphatic hydroxyl groups excluding tert-OH is 1. The third-order valence-corrected chi connectivity index (χ3v) is 7.55. The lowest BCUT2D eigenvalue weighted by Gasteiger charge is -2.29. The van der Waals surface area contributed by atoms with Crippen molar-refractivity contribution in [3.8, 4) is 5.75 Å². The Bertz CT molecular complexity index is 1360. The Morgan fingerprint density at radius 2 is 1.65 bits per heavy atom. The number of hydrogen-bond donors (Lipinski definition) is 3. The second kappa shape index (κ2) is 15.1. The molecule has 3 aromatic carbocycles. The summed E-state index contributed by atoms with van der Waals surface area (Å²) in [6.45, 7) is 7.55. The lowest BCUT2D eigenvalue weighted by atomic mass is 9.94. The Balaban J connectivity index is 1.55. The van der Waals surface area contributed by atoms with E-state index in [4.69, 9.17) is 4.74 Å². The van der Waals surface area contributed by atoms with Crippen molar-refractivity contribution in [3.63, 3.8) is 0 Å². The van der Waals surface area contributed by atoms with Gasteiger partial charge in [0.15, 0.2) is 0 Å². The first-order valence-corrected chi connectivity index (χ1v) is 15.0. The average Bonchev–Trinajstić information content (AvgIpc) is 3.44. The first-order valence-electron chi connectivity index (χ1n) is 15.0. The SMILES string of the molecule is CCCN(CCC)C(=O)c1cc(C)cc(C(=O)N[C@@H](Cc2cc(F)cc(F)c2)[C@H](O)[C@H]2C[C@@H](Oc3ccccc3)CN2)c1. The molecule has 1 aliphatic heterocycles. The number of carbonyl (C=O) groups excluding carboxylic acids is 2. The molecule has 1 aliphatic rings. The molecule has 0 spiro atoms. The van der Waals surface area contributed by atoms with Crippen molar-refractivity contribution in [1.29, 1.82) is 0 Å². The highest BCUT2D eigenvalue weighted by atomic mass is 19.1. The fraction of sp³-hybridized carbons (Fsp3) is 0.412. The Labute approximate surface area is 252 Å². The first kappa shape index (κ1) is 32.1. The molecule has 3 N–H and O–H groups in total. The zero-order chi connectivity index (χ0) is 30.9. The molecule has 0 bridgehead atoms. The highest BCUT2D eigenvalue weighted by Gasteiger charge is 2.36. The van der Waals surface area contributed by atoms with Crippen molar-refractivity contribution in [3.05, 3.63) is 101 Å². The van der Waals surface area contributed by atoms with Crippen LogP contribution in [0.25, 0.3) is 0 Å². The van der Waals surface area contributed by atoms with Gasteiger partial charge in [-0.15, -0.1) is 0 Å².